The summed E-state index contributed by atoms with van der Waals surface area (Å²) in [5.74, 6) is -0.547. The van der Waals surface area contributed by atoms with Crippen LogP contribution in [0.2, 0.25) is 0 Å². The molecule has 3 aromatic rings. The Morgan fingerprint density at radius 3 is 2.09 bits per heavy atom. The Morgan fingerprint density at radius 1 is 0.829 bits per heavy atom. The molecular weight excluding hydrogens is 443 g/mol. The molecule has 1 atom stereocenters. The second kappa shape index (κ2) is 11.3. The van der Waals surface area contributed by atoms with E-state index in [1.165, 1.54) is 12.1 Å². The van der Waals surface area contributed by atoms with E-state index in [0.29, 0.717) is 38.4 Å². The highest BCUT2D eigenvalue weighted by atomic mass is 19.1. The fourth-order valence-electron chi connectivity index (χ4n) is 4.48. The highest BCUT2D eigenvalue weighted by molar-refractivity contribution is 5.95. The largest absolute Gasteiger partial charge is 0.324 e. The Balaban J connectivity index is 1.39. The van der Waals surface area contributed by atoms with Crippen LogP contribution in [0.3, 0.4) is 0 Å². The zero-order valence-corrected chi connectivity index (χ0v) is 20.1. The summed E-state index contributed by atoms with van der Waals surface area (Å²) in [6.07, 6.45) is 0. The number of nitrogens with zero attached hydrogens (tertiary/aromatic N) is 2. The summed E-state index contributed by atoms with van der Waals surface area (Å²) < 4.78 is 13.3. The number of carbonyl (C=O) groups excluding carboxylic acids is 2. The highest BCUT2D eigenvalue weighted by Gasteiger charge is 2.31. The normalized spacial score (nSPS) is 15.4. The molecule has 1 saturated heterocycles. The van der Waals surface area contributed by atoms with Crippen molar-refractivity contribution >= 4 is 23.2 Å². The van der Waals surface area contributed by atoms with Crippen molar-refractivity contribution in [2.24, 2.45) is 0 Å². The molecule has 1 aliphatic rings. The molecule has 7 heteroatoms. The summed E-state index contributed by atoms with van der Waals surface area (Å²) >= 11 is 0. The third-order valence-corrected chi connectivity index (χ3v) is 6.36. The van der Waals surface area contributed by atoms with Crippen LogP contribution in [-0.2, 0) is 9.59 Å². The lowest BCUT2D eigenvalue weighted by Crippen LogP contribution is -2.51. The minimum atomic E-state index is -0.480. The van der Waals surface area contributed by atoms with Crippen LogP contribution in [0.25, 0.3) is 0 Å². The van der Waals surface area contributed by atoms with Gasteiger partial charge in [0, 0.05) is 37.6 Å². The van der Waals surface area contributed by atoms with E-state index in [1.807, 2.05) is 62.4 Å². The van der Waals surface area contributed by atoms with E-state index in [9.17, 15) is 14.0 Å². The summed E-state index contributed by atoms with van der Waals surface area (Å²) in [4.78, 5) is 30.2. The average molecular weight is 475 g/mol. The van der Waals surface area contributed by atoms with Gasteiger partial charge in [0.1, 0.15) is 11.9 Å². The van der Waals surface area contributed by atoms with Gasteiger partial charge in [-0.3, -0.25) is 19.4 Å². The van der Waals surface area contributed by atoms with Gasteiger partial charge < -0.3 is 10.6 Å². The molecular formula is C28H31FN4O2. The van der Waals surface area contributed by atoms with Gasteiger partial charge in [0.15, 0.2) is 0 Å². The number of rotatable bonds is 7. The van der Waals surface area contributed by atoms with Crippen molar-refractivity contribution in [2.75, 3.05) is 43.4 Å². The minimum Gasteiger partial charge on any atom is -0.324 e. The maximum atomic E-state index is 13.3. The van der Waals surface area contributed by atoms with Crippen molar-refractivity contribution in [3.63, 3.8) is 0 Å². The van der Waals surface area contributed by atoms with Crippen LogP contribution in [0.15, 0.2) is 72.8 Å². The number of nitrogens with one attached hydrogen (secondary N) is 2. The van der Waals surface area contributed by atoms with Crippen LogP contribution < -0.4 is 10.6 Å². The van der Waals surface area contributed by atoms with Crippen molar-refractivity contribution in [3.8, 4) is 0 Å². The third-order valence-electron chi connectivity index (χ3n) is 6.36. The van der Waals surface area contributed by atoms with Crippen LogP contribution in [0.4, 0.5) is 15.8 Å². The number of halogens is 1. The van der Waals surface area contributed by atoms with Crippen LogP contribution in [-0.4, -0.2) is 54.3 Å². The van der Waals surface area contributed by atoms with Crippen molar-refractivity contribution in [1.82, 2.24) is 9.80 Å². The van der Waals surface area contributed by atoms with Gasteiger partial charge in [0.2, 0.25) is 11.8 Å². The van der Waals surface area contributed by atoms with E-state index in [-0.39, 0.29) is 17.6 Å². The molecule has 0 bridgehead atoms. The van der Waals surface area contributed by atoms with Crippen molar-refractivity contribution in [1.29, 1.82) is 0 Å². The van der Waals surface area contributed by atoms with E-state index in [2.05, 4.69) is 20.4 Å². The molecule has 0 aliphatic carbocycles. The Hall–Kier alpha value is -3.55. The summed E-state index contributed by atoms with van der Waals surface area (Å²) in [5.41, 5.74) is 4.41. The van der Waals surface area contributed by atoms with Crippen LogP contribution in [0.5, 0.6) is 0 Å². The standard InChI is InChI=1S/C28H31FN4O2/c1-20-7-6-8-21(2)26(20)31-25(34)19-32-15-17-33(18-16-32)27(22-9-4-3-5-10-22)28(35)30-24-13-11-23(29)12-14-24/h3-14,27H,15-19H2,1-2H3,(H,30,35)(H,31,34)/t27-/m0/s1. The predicted octanol–water partition coefficient (Wildman–Crippen LogP) is 4.38. The molecule has 0 saturated carbocycles. The highest BCUT2D eigenvalue weighted by Crippen LogP contribution is 2.25. The van der Waals surface area contributed by atoms with Gasteiger partial charge in [-0.15, -0.1) is 0 Å². The smallest absolute Gasteiger partial charge is 0.246 e. The minimum absolute atomic E-state index is 0.0375. The second-order valence-electron chi connectivity index (χ2n) is 8.94. The first kappa shape index (κ1) is 24.6. The fourth-order valence-corrected chi connectivity index (χ4v) is 4.48. The lowest BCUT2D eigenvalue weighted by Gasteiger charge is -2.38. The zero-order valence-electron chi connectivity index (χ0n) is 20.1. The number of para-hydroxylation sites is 1. The molecule has 3 aromatic carbocycles. The van der Waals surface area contributed by atoms with Gasteiger partial charge >= 0.3 is 0 Å². The number of anilines is 2. The van der Waals surface area contributed by atoms with Crippen LogP contribution >= 0.6 is 0 Å². The van der Waals surface area contributed by atoms with Gasteiger partial charge in [-0.1, -0.05) is 48.5 Å². The van der Waals surface area contributed by atoms with Gasteiger partial charge in [-0.05, 0) is 54.8 Å². The van der Waals surface area contributed by atoms with Crippen molar-refractivity contribution in [2.45, 2.75) is 19.9 Å². The monoisotopic (exact) mass is 474 g/mol. The Kier molecular flexibility index (Phi) is 7.90. The molecule has 2 amide bonds. The molecule has 0 aromatic heterocycles. The van der Waals surface area contributed by atoms with E-state index in [0.717, 1.165) is 22.4 Å². The summed E-state index contributed by atoms with van der Waals surface area (Å²) in [7, 11) is 0. The molecule has 182 valence electrons. The first-order valence-corrected chi connectivity index (χ1v) is 11.8. The molecule has 1 aliphatic heterocycles. The molecule has 6 nitrogen and oxygen atoms in total. The average Bonchev–Trinajstić information content (AvgIpc) is 2.85. The third kappa shape index (κ3) is 6.32. The summed E-state index contributed by atoms with van der Waals surface area (Å²) in [5, 5.41) is 5.97. The molecule has 2 N–H and O–H groups in total. The van der Waals surface area contributed by atoms with E-state index < -0.39 is 6.04 Å². The Labute approximate surface area is 205 Å². The molecule has 35 heavy (non-hydrogen) atoms. The number of amides is 2. The number of aryl methyl sites for hydroxylation is 2. The maximum Gasteiger partial charge on any atom is 0.246 e. The molecule has 1 heterocycles. The van der Waals surface area contributed by atoms with Gasteiger partial charge in [0.05, 0.1) is 6.54 Å². The lowest BCUT2D eigenvalue weighted by atomic mass is 10.0. The Bertz CT molecular complexity index is 1140. The first-order chi connectivity index (χ1) is 16.9. The SMILES string of the molecule is Cc1cccc(C)c1NC(=O)CN1CCN([C@H](C(=O)Nc2ccc(F)cc2)c2ccccc2)CC1. The van der Waals surface area contributed by atoms with E-state index >= 15 is 0 Å². The van der Waals surface area contributed by atoms with E-state index in [4.69, 9.17) is 0 Å². The molecule has 0 unspecified atom stereocenters. The quantitative estimate of drug-likeness (QED) is 0.534. The summed E-state index contributed by atoms with van der Waals surface area (Å²) in [6.45, 7) is 6.92. The number of hydrogen-bond acceptors (Lipinski definition) is 4. The fraction of sp³-hybridized carbons (Fsp3) is 0.286. The lowest BCUT2D eigenvalue weighted by molar-refractivity contribution is -0.123. The molecule has 0 spiro atoms. The van der Waals surface area contributed by atoms with Gasteiger partial charge in [-0.2, -0.15) is 0 Å². The molecule has 4 rings (SSSR count). The van der Waals surface area contributed by atoms with E-state index in [1.54, 1.807) is 12.1 Å². The topological polar surface area (TPSA) is 64.7 Å². The number of carbonyl (C=O) groups is 2. The second-order valence-corrected chi connectivity index (χ2v) is 8.94. The predicted molar refractivity (Wildman–Crippen MR) is 137 cm³/mol. The maximum absolute atomic E-state index is 13.3. The number of piperazine rings is 1. The van der Waals surface area contributed by atoms with Gasteiger partial charge in [-0.25, -0.2) is 4.39 Å². The van der Waals surface area contributed by atoms with Crippen LogP contribution in [0.1, 0.15) is 22.7 Å². The Morgan fingerprint density at radius 2 is 1.46 bits per heavy atom. The number of benzene rings is 3. The summed E-state index contributed by atoms with van der Waals surface area (Å²) in [6, 6.07) is 20.9. The first-order valence-electron chi connectivity index (χ1n) is 11.8. The van der Waals surface area contributed by atoms with Crippen molar-refractivity contribution < 1.29 is 14.0 Å². The zero-order chi connectivity index (χ0) is 24.8. The number of hydrogen-bond donors (Lipinski definition) is 2. The molecule has 1 fully saturated rings. The van der Waals surface area contributed by atoms with Gasteiger partial charge in [0.25, 0.3) is 0 Å². The molecule has 0 radical (unpaired) electrons. The van der Waals surface area contributed by atoms with Crippen LogP contribution in [0, 0.1) is 19.7 Å². The van der Waals surface area contributed by atoms with Crippen molar-refractivity contribution in [3.05, 3.63) is 95.3 Å².